The molecule has 8 heteroatoms. The van der Waals surface area contributed by atoms with E-state index in [9.17, 15) is 18.0 Å². The number of hydrogen-bond acceptors (Lipinski definition) is 4. The van der Waals surface area contributed by atoms with Crippen molar-refractivity contribution in [3.63, 3.8) is 0 Å². The van der Waals surface area contributed by atoms with E-state index in [2.05, 4.69) is 15.2 Å². The van der Waals surface area contributed by atoms with Gasteiger partial charge in [0.05, 0.1) is 6.04 Å². The SMILES string of the molecule is CC(C)(C)OC=O.FC(F)(F)c1ccn(C2CCNCC2)n1. The molecule has 0 bridgehead atoms. The van der Waals surface area contributed by atoms with Gasteiger partial charge in [-0.15, -0.1) is 0 Å². The molecule has 2 heterocycles. The summed E-state index contributed by atoms with van der Waals surface area (Å²) < 4.78 is 42.8. The molecule has 0 aromatic carbocycles. The molecule has 22 heavy (non-hydrogen) atoms. The Morgan fingerprint density at radius 3 is 2.27 bits per heavy atom. The lowest BCUT2D eigenvalue weighted by Crippen LogP contribution is -2.29. The van der Waals surface area contributed by atoms with Gasteiger partial charge < -0.3 is 10.1 Å². The van der Waals surface area contributed by atoms with E-state index in [-0.39, 0.29) is 11.6 Å². The van der Waals surface area contributed by atoms with Gasteiger partial charge in [-0.2, -0.15) is 18.3 Å². The first-order chi connectivity index (χ1) is 10.1. The van der Waals surface area contributed by atoms with Gasteiger partial charge in [0.25, 0.3) is 6.47 Å². The van der Waals surface area contributed by atoms with E-state index in [1.54, 1.807) is 0 Å². The van der Waals surface area contributed by atoms with Crippen molar-refractivity contribution in [3.8, 4) is 0 Å². The number of halogens is 3. The summed E-state index contributed by atoms with van der Waals surface area (Å²) in [4.78, 5) is 9.60. The summed E-state index contributed by atoms with van der Waals surface area (Å²) in [6, 6.07) is 1.13. The van der Waals surface area contributed by atoms with E-state index in [0.29, 0.717) is 6.47 Å². The Morgan fingerprint density at radius 2 is 1.91 bits per heavy atom. The maximum atomic E-state index is 12.3. The Labute approximate surface area is 127 Å². The largest absolute Gasteiger partial charge is 0.462 e. The van der Waals surface area contributed by atoms with E-state index in [1.165, 1.54) is 10.9 Å². The molecule has 0 saturated carbocycles. The summed E-state index contributed by atoms with van der Waals surface area (Å²) in [5.74, 6) is 0. The van der Waals surface area contributed by atoms with E-state index in [1.807, 2.05) is 20.8 Å². The van der Waals surface area contributed by atoms with Crippen LogP contribution in [0.15, 0.2) is 12.3 Å². The molecular weight excluding hydrogens is 299 g/mol. The number of nitrogens with one attached hydrogen (secondary N) is 1. The number of hydrogen-bond donors (Lipinski definition) is 1. The first-order valence-electron chi connectivity index (χ1n) is 7.08. The van der Waals surface area contributed by atoms with Crippen LogP contribution in [0.3, 0.4) is 0 Å². The second-order valence-electron chi connectivity index (χ2n) is 5.99. The van der Waals surface area contributed by atoms with Gasteiger partial charge in [0.15, 0.2) is 5.69 Å². The number of carbonyl (C=O) groups is 1. The predicted molar refractivity (Wildman–Crippen MR) is 75.3 cm³/mol. The van der Waals surface area contributed by atoms with Crippen molar-refractivity contribution in [3.05, 3.63) is 18.0 Å². The van der Waals surface area contributed by atoms with Crippen molar-refractivity contribution in [2.45, 2.75) is 51.4 Å². The quantitative estimate of drug-likeness (QED) is 0.851. The summed E-state index contributed by atoms with van der Waals surface area (Å²) in [5, 5.41) is 6.73. The minimum Gasteiger partial charge on any atom is -0.462 e. The molecule has 0 aliphatic carbocycles. The summed E-state index contributed by atoms with van der Waals surface area (Å²) in [5.41, 5.74) is -1.12. The number of rotatable bonds is 2. The van der Waals surface area contributed by atoms with Crippen LogP contribution in [0.1, 0.15) is 45.3 Å². The van der Waals surface area contributed by atoms with Crippen molar-refractivity contribution >= 4 is 6.47 Å². The zero-order valence-corrected chi connectivity index (χ0v) is 13.0. The van der Waals surface area contributed by atoms with Crippen LogP contribution < -0.4 is 5.32 Å². The molecule has 1 aromatic heterocycles. The van der Waals surface area contributed by atoms with Crippen LogP contribution in [0.25, 0.3) is 0 Å². The van der Waals surface area contributed by atoms with Crippen LogP contribution in [0.4, 0.5) is 13.2 Å². The summed E-state index contributed by atoms with van der Waals surface area (Å²) >= 11 is 0. The van der Waals surface area contributed by atoms with Crippen LogP contribution in [-0.2, 0) is 15.7 Å². The van der Waals surface area contributed by atoms with Crippen LogP contribution in [-0.4, -0.2) is 34.9 Å². The number of aromatic nitrogens is 2. The summed E-state index contributed by atoms with van der Waals surface area (Å²) in [6.45, 7) is 7.60. The fourth-order valence-corrected chi connectivity index (χ4v) is 1.91. The molecule has 1 N–H and O–H groups in total. The second-order valence-corrected chi connectivity index (χ2v) is 5.99. The number of piperidine rings is 1. The highest BCUT2D eigenvalue weighted by molar-refractivity contribution is 5.37. The van der Waals surface area contributed by atoms with Crippen molar-refractivity contribution < 1.29 is 22.7 Å². The van der Waals surface area contributed by atoms with Crippen LogP contribution in [0.5, 0.6) is 0 Å². The van der Waals surface area contributed by atoms with Gasteiger partial charge in [0, 0.05) is 6.20 Å². The highest BCUT2D eigenvalue weighted by atomic mass is 19.4. The van der Waals surface area contributed by atoms with Crippen LogP contribution >= 0.6 is 0 Å². The smallest absolute Gasteiger partial charge is 0.435 e. The Morgan fingerprint density at radius 1 is 1.32 bits per heavy atom. The average molecular weight is 321 g/mol. The standard InChI is InChI=1S/C9H12F3N3.C5H10O2/c10-9(11,12)8-3-6-15(14-8)7-1-4-13-5-2-7;1-5(2,3)7-4-6/h3,6-7,13H,1-2,4-5H2;4H,1-3H3. The average Bonchev–Trinajstić information content (AvgIpc) is 2.88. The molecule has 1 aliphatic heterocycles. The maximum Gasteiger partial charge on any atom is 0.435 e. The van der Waals surface area contributed by atoms with Gasteiger partial charge in [-0.3, -0.25) is 9.48 Å². The van der Waals surface area contributed by atoms with Gasteiger partial charge in [0.2, 0.25) is 0 Å². The molecule has 1 saturated heterocycles. The van der Waals surface area contributed by atoms with Crippen molar-refractivity contribution in [2.24, 2.45) is 0 Å². The lowest BCUT2D eigenvalue weighted by Gasteiger charge is -2.22. The normalized spacial score (nSPS) is 16.6. The molecule has 0 amide bonds. The van der Waals surface area contributed by atoms with Gasteiger partial charge in [-0.1, -0.05) is 0 Å². The Bertz CT molecular complexity index is 461. The van der Waals surface area contributed by atoms with Gasteiger partial charge in [-0.05, 0) is 52.8 Å². The Balaban J connectivity index is 0.000000295. The zero-order chi connectivity index (χ0) is 16.8. The molecule has 1 aromatic rings. The number of carbonyl (C=O) groups excluding carboxylic acids is 1. The van der Waals surface area contributed by atoms with Crippen LogP contribution in [0, 0.1) is 0 Å². The molecule has 0 unspecified atom stereocenters. The van der Waals surface area contributed by atoms with Crippen molar-refractivity contribution in [1.29, 1.82) is 0 Å². The number of nitrogens with zero attached hydrogens (tertiary/aromatic N) is 2. The summed E-state index contributed by atoms with van der Waals surface area (Å²) in [7, 11) is 0. The molecule has 2 rings (SSSR count). The third kappa shape index (κ3) is 6.46. The maximum absolute atomic E-state index is 12.3. The van der Waals surface area contributed by atoms with E-state index >= 15 is 0 Å². The predicted octanol–water partition coefficient (Wildman–Crippen LogP) is 2.78. The highest BCUT2D eigenvalue weighted by Crippen LogP contribution is 2.28. The molecule has 1 fully saturated rings. The Hall–Kier alpha value is -1.57. The topological polar surface area (TPSA) is 56.1 Å². The number of ether oxygens (including phenoxy) is 1. The van der Waals surface area contributed by atoms with Crippen molar-refractivity contribution in [1.82, 2.24) is 15.1 Å². The zero-order valence-electron chi connectivity index (χ0n) is 13.0. The molecule has 1 aliphatic rings. The van der Waals surface area contributed by atoms with E-state index in [4.69, 9.17) is 0 Å². The van der Waals surface area contributed by atoms with E-state index < -0.39 is 11.9 Å². The number of alkyl halides is 3. The van der Waals surface area contributed by atoms with Gasteiger partial charge in [0.1, 0.15) is 5.60 Å². The lowest BCUT2D eigenvalue weighted by molar-refractivity contribution is -0.141. The summed E-state index contributed by atoms with van der Waals surface area (Å²) in [6.07, 6.45) is -1.26. The monoisotopic (exact) mass is 321 g/mol. The minimum absolute atomic E-state index is 0.0994. The molecule has 5 nitrogen and oxygen atoms in total. The first-order valence-corrected chi connectivity index (χ1v) is 7.08. The fourth-order valence-electron chi connectivity index (χ4n) is 1.91. The molecule has 0 radical (unpaired) electrons. The highest BCUT2D eigenvalue weighted by Gasteiger charge is 2.34. The molecule has 0 atom stereocenters. The third-order valence-corrected chi connectivity index (χ3v) is 2.98. The molecule has 126 valence electrons. The second kappa shape index (κ2) is 7.62. The Kier molecular flexibility index (Phi) is 6.40. The van der Waals surface area contributed by atoms with Gasteiger partial charge in [-0.25, -0.2) is 0 Å². The fraction of sp³-hybridized carbons (Fsp3) is 0.714. The first kappa shape index (κ1) is 18.5. The lowest BCUT2D eigenvalue weighted by atomic mass is 10.1. The van der Waals surface area contributed by atoms with Crippen molar-refractivity contribution in [2.75, 3.05) is 13.1 Å². The molecule has 0 spiro atoms. The van der Waals surface area contributed by atoms with E-state index in [0.717, 1.165) is 32.0 Å². The third-order valence-electron chi connectivity index (χ3n) is 2.98. The minimum atomic E-state index is -4.34. The van der Waals surface area contributed by atoms with Gasteiger partial charge >= 0.3 is 6.18 Å². The molecular formula is C14H22F3N3O2. The van der Waals surface area contributed by atoms with Crippen LogP contribution in [0.2, 0.25) is 0 Å².